The lowest BCUT2D eigenvalue weighted by Gasteiger charge is -1.99. The number of aromatic nitrogens is 8. The minimum absolute atomic E-state index is 0.0255. The summed E-state index contributed by atoms with van der Waals surface area (Å²) in [5.74, 6) is -0.150. The van der Waals surface area contributed by atoms with Crippen LogP contribution in [-0.2, 0) is 4.79 Å². The van der Waals surface area contributed by atoms with Crippen LogP contribution in [-0.4, -0.2) is 58.7 Å². The van der Waals surface area contributed by atoms with Gasteiger partial charge in [0, 0.05) is 11.8 Å². The normalized spacial score (nSPS) is 10.9. The van der Waals surface area contributed by atoms with Crippen molar-refractivity contribution in [3.63, 3.8) is 0 Å². The van der Waals surface area contributed by atoms with Crippen molar-refractivity contribution in [1.82, 2.24) is 46.2 Å². The van der Waals surface area contributed by atoms with Crippen LogP contribution in [0.1, 0.15) is 5.69 Å². The largest absolute Gasteiger partial charge is 0.342 e. The Morgan fingerprint density at radius 3 is 2.88 bits per heavy atom. The molecule has 0 radical (unpaired) electrons. The summed E-state index contributed by atoms with van der Waals surface area (Å²) in [4.78, 5) is 40.1. The second-order valence-electron chi connectivity index (χ2n) is 4.60. The molecule has 3 aromatic heterocycles. The number of nitrogens with zero attached hydrogens (tertiary/aromatic N) is 6. The maximum absolute atomic E-state index is 11.7. The third kappa shape index (κ3) is 4.44. The number of rotatable bonds is 6. The van der Waals surface area contributed by atoms with E-state index < -0.39 is 17.2 Å². The van der Waals surface area contributed by atoms with E-state index in [-0.39, 0.29) is 10.8 Å². The van der Waals surface area contributed by atoms with Crippen molar-refractivity contribution in [3.05, 3.63) is 44.9 Å². The molecule has 1 amide bonds. The molecule has 26 heavy (non-hydrogen) atoms. The molecule has 14 heteroatoms. The Bertz CT molecular complexity index is 1020. The lowest BCUT2D eigenvalue weighted by molar-refractivity contribution is -0.118. The van der Waals surface area contributed by atoms with E-state index in [2.05, 4.69) is 46.3 Å². The molecule has 0 atom stereocenters. The van der Waals surface area contributed by atoms with Crippen LogP contribution in [0.2, 0.25) is 0 Å². The fourth-order valence-electron chi connectivity index (χ4n) is 1.67. The number of amides is 1. The molecule has 0 fully saturated rings. The predicted molar refractivity (Wildman–Crippen MR) is 89.3 cm³/mol. The van der Waals surface area contributed by atoms with E-state index in [1.165, 1.54) is 12.4 Å². The first-order valence-corrected chi connectivity index (χ1v) is 7.94. The maximum atomic E-state index is 11.7. The SMILES string of the molecule is O=C(CSc1n[nH]c(=O)[nH]c1=O)N/N=C/c1ccc(-c2nn[nH]n2)cn1. The topological polar surface area (TPSA) is 187 Å². The van der Waals surface area contributed by atoms with Crippen LogP contribution < -0.4 is 16.7 Å². The number of thioether (sulfide) groups is 1. The second-order valence-corrected chi connectivity index (χ2v) is 5.57. The van der Waals surface area contributed by atoms with Crippen molar-refractivity contribution in [2.45, 2.75) is 5.03 Å². The van der Waals surface area contributed by atoms with E-state index in [0.717, 1.165) is 11.8 Å². The molecule has 3 rings (SSSR count). The lowest BCUT2D eigenvalue weighted by Crippen LogP contribution is -2.26. The number of hydrogen-bond donors (Lipinski definition) is 4. The third-order valence-electron chi connectivity index (χ3n) is 2.80. The molecule has 13 nitrogen and oxygen atoms in total. The van der Waals surface area contributed by atoms with Gasteiger partial charge in [-0.05, 0) is 17.3 Å². The molecule has 0 spiro atoms. The number of carbonyl (C=O) groups is 1. The summed E-state index contributed by atoms with van der Waals surface area (Å²) in [6, 6.07) is 3.39. The molecule has 132 valence electrons. The molecule has 0 aliphatic carbocycles. The van der Waals surface area contributed by atoms with Gasteiger partial charge < -0.3 is 0 Å². The summed E-state index contributed by atoms with van der Waals surface area (Å²) in [5, 5.41) is 22.8. The zero-order chi connectivity index (χ0) is 18.4. The van der Waals surface area contributed by atoms with Crippen molar-refractivity contribution in [2.75, 3.05) is 5.75 Å². The molecule has 3 heterocycles. The van der Waals surface area contributed by atoms with Gasteiger partial charge in [0.1, 0.15) is 0 Å². The molecule has 3 aromatic rings. The molecular formula is C12H10N10O3S. The van der Waals surface area contributed by atoms with Crippen LogP contribution in [0, 0.1) is 0 Å². The monoisotopic (exact) mass is 374 g/mol. The summed E-state index contributed by atoms with van der Waals surface area (Å²) in [7, 11) is 0. The molecule has 0 unspecified atom stereocenters. The van der Waals surface area contributed by atoms with Gasteiger partial charge in [-0.2, -0.15) is 15.4 Å². The van der Waals surface area contributed by atoms with Gasteiger partial charge in [0.25, 0.3) is 5.56 Å². The van der Waals surface area contributed by atoms with Crippen molar-refractivity contribution >= 4 is 23.9 Å². The standard InChI is InChI=1S/C12H10N10O3S/c23-8(5-26-11-10(24)15-12(25)20-19-11)16-14-4-7-2-1-6(3-13-7)9-17-21-22-18-9/h1-4H,5H2,(H,16,23)(H2,15,20,24,25)(H,17,18,21,22)/b14-4+. The van der Waals surface area contributed by atoms with Crippen LogP contribution in [0.3, 0.4) is 0 Å². The molecule has 0 bridgehead atoms. The molecule has 0 aromatic carbocycles. The van der Waals surface area contributed by atoms with E-state index in [4.69, 9.17) is 0 Å². The average Bonchev–Trinajstić information content (AvgIpc) is 3.16. The number of H-pyrrole nitrogens is 3. The van der Waals surface area contributed by atoms with Gasteiger partial charge >= 0.3 is 5.69 Å². The van der Waals surface area contributed by atoms with Crippen molar-refractivity contribution in [2.24, 2.45) is 5.10 Å². The minimum atomic E-state index is -0.716. The average molecular weight is 374 g/mol. The maximum Gasteiger partial charge on any atom is 0.342 e. The molecule has 0 aliphatic rings. The highest BCUT2D eigenvalue weighted by atomic mass is 32.2. The predicted octanol–water partition coefficient (Wildman–Crippen LogP) is -1.72. The Hall–Kier alpha value is -3.68. The number of carbonyl (C=O) groups excluding carboxylic acids is 1. The molecular weight excluding hydrogens is 364 g/mol. The van der Waals surface area contributed by atoms with E-state index >= 15 is 0 Å². The summed E-state index contributed by atoms with van der Waals surface area (Å²) >= 11 is 0.861. The summed E-state index contributed by atoms with van der Waals surface area (Å²) < 4.78 is 0. The van der Waals surface area contributed by atoms with Gasteiger partial charge in [0.2, 0.25) is 11.7 Å². The van der Waals surface area contributed by atoms with Gasteiger partial charge in [-0.15, -0.1) is 10.2 Å². The van der Waals surface area contributed by atoms with Crippen molar-refractivity contribution < 1.29 is 4.79 Å². The number of tetrazole rings is 1. The minimum Gasteiger partial charge on any atom is -0.272 e. The Labute approximate surface area is 147 Å². The molecule has 0 aliphatic heterocycles. The first-order valence-electron chi connectivity index (χ1n) is 6.95. The van der Waals surface area contributed by atoms with Crippen LogP contribution in [0.15, 0.2) is 38.0 Å². The Morgan fingerprint density at radius 2 is 2.19 bits per heavy atom. The first-order chi connectivity index (χ1) is 12.6. The van der Waals surface area contributed by atoms with Crippen LogP contribution in [0.4, 0.5) is 0 Å². The van der Waals surface area contributed by atoms with Gasteiger partial charge in [-0.25, -0.2) is 15.3 Å². The number of pyridine rings is 1. The van der Waals surface area contributed by atoms with Gasteiger partial charge in [-0.1, -0.05) is 11.8 Å². The number of hydrazone groups is 1. The molecule has 4 N–H and O–H groups in total. The summed E-state index contributed by atoms with van der Waals surface area (Å²) in [6.07, 6.45) is 2.89. The molecule has 0 saturated heterocycles. The van der Waals surface area contributed by atoms with Crippen LogP contribution in [0.5, 0.6) is 0 Å². The Kier molecular flexibility index (Phi) is 5.23. The van der Waals surface area contributed by atoms with Crippen LogP contribution >= 0.6 is 11.8 Å². The Balaban J connectivity index is 1.51. The highest BCUT2D eigenvalue weighted by Crippen LogP contribution is 2.10. The van der Waals surface area contributed by atoms with Gasteiger partial charge in [-0.3, -0.25) is 19.6 Å². The number of aromatic amines is 3. The zero-order valence-corrected chi connectivity index (χ0v) is 13.6. The summed E-state index contributed by atoms with van der Waals surface area (Å²) in [6.45, 7) is 0. The van der Waals surface area contributed by atoms with E-state index in [9.17, 15) is 14.4 Å². The van der Waals surface area contributed by atoms with E-state index in [1.54, 1.807) is 12.1 Å². The number of nitrogens with one attached hydrogen (secondary N) is 4. The summed E-state index contributed by atoms with van der Waals surface area (Å²) in [5.41, 5.74) is 2.09. The Morgan fingerprint density at radius 1 is 1.31 bits per heavy atom. The zero-order valence-electron chi connectivity index (χ0n) is 12.8. The fraction of sp³-hybridized carbons (Fsp3) is 0.0833. The third-order valence-corrected chi connectivity index (χ3v) is 3.75. The van der Waals surface area contributed by atoms with Gasteiger partial charge in [0.05, 0.1) is 17.7 Å². The highest BCUT2D eigenvalue weighted by molar-refractivity contribution is 7.99. The van der Waals surface area contributed by atoms with Gasteiger partial charge in [0.15, 0.2) is 5.03 Å². The first kappa shape index (κ1) is 17.2. The highest BCUT2D eigenvalue weighted by Gasteiger charge is 2.07. The smallest absolute Gasteiger partial charge is 0.272 e. The number of hydrogen-bond acceptors (Lipinski definition) is 10. The van der Waals surface area contributed by atoms with E-state index in [0.29, 0.717) is 17.1 Å². The lowest BCUT2D eigenvalue weighted by atomic mass is 10.2. The molecule has 0 saturated carbocycles. The second kappa shape index (κ2) is 7.93. The van der Waals surface area contributed by atoms with Crippen LogP contribution in [0.25, 0.3) is 11.4 Å². The fourth-order valence-corrected chi connectivity index (χ4v) is 2.29. The van der Waals surface area contributed by atoms with Crippen molar-refractivity contribution in [1.29, 1.82) is 0 Å². The van der Waals surface area contributed by atoms with Crippen molar-refractivity contribution in [3.8, 4) is 11.4 Å². The van der Waals surface area contributed by atoms with E-state index in [1.807, 2.05) is 4.98 Å². The quantitative estimate of drug-likeness (QED) is 0.221.